The minimum atomic E-state index is 0.629. The molecule has 0 spiro atoms. The molecule has 0 radical (unpaired) electrons. The van der Waals surface area contributed by atoms with E-state index in [0.29, 0.717) is 5.92 Å². The highest BCUT2D eigenvalue weighted by Crippen LogP contribution is 2.39. The van der Waals surface area contributed by atoms with Crippen LogP contribution >= 0.6 is 0 Å². The Labute approximate surface area is 89.5 Å². The summed E-state index contributed by atoms with van der Waals surface area (Å²) in [5.41, 5.74) is 2.50. The number of hydrogen-bond acceptors (Lipinski definition) is 4. The largest absolute Gasteiger partial charge is 0.373 e. The normalized spacial score (nSPS) is 19.8. The molecule has 4 heteroatoms. The molecule has 2 heterocycles. The molecule has 1 fully saturated rings. The first-order valence-corrected chi connectivity index (χ1v) is 5.66. The van der Waals surface area contributed by atoms with E-state index in [1.54, 1.807) is 0 Å². The van der Waals surface area contributed by atoms with Crippen LogP contribution in [0.15, 0.2) is 0 Å². The molecular formula is C11H16N4. The quantitative estimate of drug-likeness (QED) is 0.755. The summed E-state index contributed by atoms with van der Waals surface area (Å²) in [5, 5.41) is 6.56. The lowest BCUT2D eigenvalue weighted by Crippen LogP contribution is -2.26. The fraction of sp³-hybridized carbons (Fsp3) is 0.636. The van der Waals surface area contributed by atoms with Crippen LogP contribution in [0, 0.1) is 0 Å². The van der Waals surface area contributed by atoms with Crippen LogP contribution in [-0.2, 0) is 13.0 Å². The van der Waals surface area contributed by atoms with Crippen molar-refractivity contribution in [1.82, 2.24) is 15.3 Å². The molecule has 1 aliphatic heterocycles. The Morgan fingerprint density at radius 1 is 1.33 bits per heavy atom. The molecule has 15 heavy (non-hydrogen) atoms. The van der Waals surface area contributed by atoms with Crippen molar-refractivity contribution in [3.05, 3.63) is 17.1 Å². The van der Waals surface area contributed by atoms with Crippen LogP contribution in [0.2, 0.25) is 0 Å². The van der Waals surface area contributed by atoms with Gasteiger partial charge in [0.25, 0.3) is 0 Å². The summed E-state index contributed by atoms with van der Waals surface area (Å²) >= 11 is 0. The highest BCUT2D eigenvalue weighted by atomic mass is 15.0. The lowest BCUT2D eigenvalue weighted by molar-refractivity contribution is 0.618. The van der Waals surface area contributed by atoms with Crippen LogP contribution < -0.4 is 10.6 Å². The van der Waals surface area contributed by atoms with Crippen molar-refractivity contribution in [3.63, 3.8) is 0 Å². The third-order valence-corrected chi connectivity index (χ3v) is 3.13. The molecule has 1 saturated carbocycles. The monoisotopic (exact) mass is 204 g/mol. The number of nitrogens with zero attached hydrogens (tertiary/aromatic N) is 2. The molecule has 0 bridgehead atoms. The number of fused-ring (bicyclic) bond motifs is 1. The van der Waals surface area contributed by atoms with E-state index in [4.69, 9.17) is 0 Å². The highest BCUT2D eigenvalue weighted by molar-refractivity contribution is 5.47. The third kappa shape index (κ3) is 1.59. The van der Waals surface area contributed by atoms with Crippen LogP contribution in [0.5, 0.6) is 0 Å². The molecule has 0 aromatic carbocycles. The minimum absolute atomic E-state index is 0.629. The van der Waals surface area contributed by atoms with Gasteiger partial charge in [0, 0.05) is 25.1 Å². The van der Waals surface area contributed by atoms with E-state index in [1.807, 2.05) is 7.05 Å². The van der Waals surface area contributed by atoms with E-state index in [-0.39, 0.29) is 0 Å². The zero-order valence-corrected chi connectivity index (χ0v) is 9.01. The van der Waals surface area contributed by atoms with Gasteiger partial charge < -0.3 is 10.6 Å². The minimum Gasteiger partial charge on any atom is -0.373 e. The third-order valence-electron chi connectivity index (χ3n) is 3.13. The van der Waals surface area contributed by atoms with E-state index in [9.17, 15) is 0 Å². The fourth-order valence-corrected chi connectivity index (χ4v) is 2.11. The maximum absolute atomic E-state index is 4.67. The van der Waals surface area contributed by atoms with Crippen LogP contribution in [0.1, 0.15) is 35.8 Å². The topological polar surface area (TPSA) is 49.8 Å². The lowest BCUT2D eigenvalue weighted by atomic mass is 10.1. The molecule has 2 aliphatic rings. The van der Waals surface area contributed by atoms with Gasteiger partial charge in [-0.2, -0.15) is 0 Å². The summed E-state index contributed by atoms with van der Waals surface area (Å²) in [4.78, 5) is 9.29. The first kappa shape index (κ1) is 9.09. The van der Waals surface area contributed by atoms with Crippen LogP contribution in [0.3, 0.4) is 0 Å². The Kier molecular flexibility index (Phi) is 2.09. The van der Waals surface area contributed by atoms with Crippen molar-refractivity contribution < 1.29 is 0 Å². The summed E-state index contributed by atoms with van der Waals surface area (Å²) in [6.45, 7) is 1.93. The molecule has 0 amide bonds. The van der Waals surface area contributed by atoms with Crippen LogP contribution in [0.25, 0.3) is 0 Å². The predicted molar refractivity (Wildman–Crippen MR) is 59.0 cm³/mol. The molecule has 0 unspecified atom stereocenters. The Balaban J connectivity index is 2.06. The second-order valence-corrected chi connectivity index (χ2v) is 4.31. The van der Waals surface area contributed by atoms with Gasteiger partial charge in [-0.05, 0) is 25.8 Å². The molecule has 0 atom stereocenters. The molecule has 0 saturated heterocycles. The summed E-state index contributed by atoms with van der Waals surface area (Å²) in [5.74, 6) is 2.72. The average molecular weight is 204 g/mol. The Hall–Kier alpha value is -1.16. The van der Waals surface area contributed by atoms with Gasteiger partial charge in [0.2, 0.25) is 0 Å². The summed E-state index contributed by atoms with van der Waals surface area (Å²) in [6.07, 6.45) is 3.56. The second kappa shape index (κ2) is 3.45. The summed E-state index contributed by atoms with van der Waals surface area (Å²) in [6, 6.07) is 0. The summed E-state index contributed by atoms with van der Waals surface area (Å²) in [7, 11) is 1.95. The zero-order chi connectivity index (χ0) is 10.3. The number of hydrogen-bond donors (Lipinski definition) is 2. The van der Waals surface area contributed by atoms with Gasteiger partial charge in [0.15, 0.2) is 0 Å². The van der Waals surface area contributed by atoms with Gasteiger partial charge in [-0.1, -0.05) is 0 Å². The van der Waals surface area contributed by atoms with Gasteiger partial charge in [-0.25, -0.2) is 9.97 Å². The SMILES string of the molecule is CNc1nc(C2CC2)nc2c1CCNC2. The van der Waals surface area contributed by atoms with Crippen molar-refractivity contribution in [2.24, 2.45) is 0 Å². The summed E-state index contributed by atoms with van der Waals surface area (Å²) < 4.78 is 0. The van der Waals surface area contributed by atoms with Gasteiger partial charge in [0.05, 0.1) is 5.69 Å². The first-order valence-electron chi connectivity index (χ1n) is 5.66. The zero-order valence-electron chi connectivity index (χ0n) is 9.01. The predicted octanol–water partition coefficient (Wildman–Crippen LogP) is 1.04. The standard InChI is InChI=1S/C11H16N4/c1-12-11-8-4-5-13-6-9(8)14-10(15-11)7-2-3-7/h7,13H,2-6H2,1H3,(H,12,14,15). The molecule has 1 aliphatic carbocycles. The Morgan fingerprint density at radius 2 is 2.20 bits per heavy atom. The lowest BCUT2D eigenvalue weighted by Gasteiger charge is -2.19. The van der Waals surface area contributed by atoms with Crippen molar-refractivity contribution in [2.75, 3.05) is 18.9 Å². The van der Waals surface area contributed by atoms with E-state index in [0.717, 1.165) is 31.2 Å². The van der Waals surface area contributed by atoms with E-state index >= 15 is 0 Å². The highest BCUT2D eigenvalue weighted by Gasteiger charge is 2.28. The molecule has 3 rings (SSSR count). The molecule has 1 aromatic heterocycles. The van der Waals surface area contributed by atoms with Crippen LogP contribution in [0.4, 0.5) is 5.82 Å². The Bertz CT molecular complexity index is 367. The van der Waals surface area contributed by atoms with E-state index < -0.39 is 0 Å². The molecule has 1 aromatic rings. The van der Waals surface area contributed by atoms with Crippen molar-refractivity contribution >= 4 is 5.82 Å². The van der Waals surface area contributed by atoms with Gasteiger partial charge >= 0.3 is 0 Å². The number of anilines is 1. The van der Waals surface area contributed by atoms with Crippen molar-refractivity contribution in [3.8, 4) is 0 Å². The van der Waals surface area contributed by atoms with Crippen LogP contribution in [-0.4, -0.2) is 23.6 Å². The number of aromatic nitrogens is 2. The van der Waals surface area contributed by atoms with Gasteiger partial charge in [-0.3, -0.25) is 0 Å². The molecule has 80 valence electrons. The molecular weight excluding hydrogens is 188 g/mol. The Morgan fingerprint density at radius 3 is 2.93 bits per heavy atom. The average Bonchev–Trinajstić information content (AvgIpc) is 3.11. The smallest absolute Gasteiger partial charge is 0.134 e. The van der Waals surface area contributed by atoms with E-state index in [1.165, 1.54) is 24.1 Å². The van der Waals surface area contributed by atoms with Crippen molar-refractivity contribution in [2.45, 2.75) is 31.7 Å². The van der Waals surface area contributed by atoms with Gasteiger partial charge in [-0.15, -0.1) is 0 Å². The first-order chi connectivity index (χ1) is 7.38. The van der Waals surface area contributed by atoms with E-state index in [2.05, 4.69) is 20.6 Å². The number of rotatable bonds is 2. The molecule has 4 nitrogen and oxygen atoms in total. The second-order valence-electron chi connectivity index (χ2n) is 4.31. The molecule has 2 N–H and O–H groups in total. The fourth-order valence-electron chi connectivity index (χ4n) is 2.11. The maximum atomic E-state index is 4.67. The van der Waals surface area contributed by atoms with Crippen molar-refractivity contribution in [1.29, 1.82) is 0 Å². The van der Waals surface area contributed by atoms with Gasteiger partial charge in [0.1, 0.15) is 11.6 Å². The maximum Gasteiger partial charge on any atom is 0.134 e. The number of nitrogens with one attached hydrogen (secondary N) is 2.